The van der Waals surface area contributed by atoms with Gasteiger partial charge in [0.05, 0.1) is 0 Å². The second-order valence-electron chi connectivity index (χ2n) is 3.77. The fourth-order valence-corrected chi connectivity index (χ4v) is 1.47. The maximum Gasteiger partial charge on any atom is 0.132 e. The Morgan fingerprint density at radius 1 is 1.26 bits per heavy atom. The number of hydrogen-bond donors (Lipinski definition) is 3. The lowest BCUT2D eigenvalue weighted by Gasteiger charge is -1.99. The SMILES string of the molecule is CNc1cc(C#Cc2cnc(N)c(C=N)c2)ccn1. The third kappa shape index (κ3) is 3.07. The lowest BCUT2D eigenvalue weighted by molar-refractivity contribution is 1.28. The lowest BCUT2D eigenvalue weighted by atomic mass is 10.2. The topological polar surface area (TPSA) is 87.7 Å². The second-order valence-corrected chi connectivity index (χ2v) is 3.77. The molecule has 0 spiro atoms. The number of rotatable bonds is 2. The molecule has 0 bridgehead atoms. The zero-order valence-electron chi connectivity index (χ0n) is 10.4. The molecule has 5 heteroatoms. The minimum absolute atomic E-state index is 0.335. The number of nitrogen functional groups attached to an aromatic ring is 1. The van der Waals surface area contributed by atoms with Crippen LogP contribution in [0.1, 0.15) is 16.7 Å². The molecule has 2 aromatic rings. The van der Waals surface area contributed by atoms with E-state index in [1.807, 2.05) is 12.1 Å². The summed E-state index contributed by atoms with van der Waals surface area (Å²) in [5, 5.41) is 10.2. The number of pyridine rings is 2. The lowest BCUT2D eigenvalue weighted by Crippen LogP contribution is -1.97. The van der Waals surface area contributed by atoms with Crippen molar-refractivity contribution in [1.29, 1.82) is 5.41 Å². The molecule has 19 heavy (non-hydrogen) atoms. The number of aromatic nitrogens is 2. The van der Waals surface area contributed by atoms with Gasteiger partial charge in [0.15, 0.2) is 0 Å². The summed E-state index contributed by atoms with van der Waals surface area (Å²) in [4.78, 5) is 8.11. The molecule has 0 fully saturated rings. The molecule has 0 saturated heterocycles. The van der Waals surface area contributed by atoms with E-state index in [2.05, 4.69) is 27.1 Å². The first kappa shape index (κ1) is 12.6. The molecule has 2 heterocycles. The summed E-state index contributed by atoms with van der Waals surface area (Å²) in [6, 6.07) is 5.42. The zero-order valence-corrected chi connectivity index (χ0v) is 10.4. The molecular weight excluding hydrogens is 238 g/mol. The Labute approximate surface area is 111 Å². The average molecular weight is 251 g/mol. The van der Waals surface area contributed by atoms with E-state index in [1.165, 1.54) is 6.21 Å². The van der Waals surface area contributed by atoms with E-state index in [0.29, 0.717) is 11.4 Å². The van der Waals surface area contributed by atoms with Gasteiger partial charge >= 0.3 is 0 Å². The molecule has 0 amide bonds. The molecule has 0 aliphatic rings. The highest BCUT2D eigenvalue weighted by atomic mass is 14.9. The summed E-state index contributed by atoms with van der Waals surface area (Å²) in [7, 11) is 1.81. The normalized spacial score (nSPS) is 9.32. The minimum atomic E-state index is 0.335. The molecule has 0 saturated carbocycles. The largest absolute Gasteiger partial charge is 0.383 e. The van der Waals surface area contributed by atoms with Crippen LogP contribution in [0.5, 0.6) is 0 Å². The molecule has 0 unspecified atom stereocenters. The minimum Gasteiger partial charge on any atom is -0.383 e. The van der Waals surface area contributed by atoms with Gasteiger partial charge in [0.1, 0.15) is 11.6 Å². The Balaban J connectivity index is 2.30. The summed E-state index contributed by atoms with van der Waals surface area (Å²) in [5.41, 5.74) is 7.76. The van der Waals surface area contributed by atoms with Gasteiger partial charge in [-0.25, -0.2) is 9.97 Å². The predicted octanol–water partition coefficient (Wildman–Crippen LogP) is 1.50. The van der Waals surface area contributed by atoms with E-state index >= 15 is 0 Å². The number of nitrogens with one attached hydrogen (secondary N) is 2. The zero-order chi connectivity index (χ0) is 13.7. The quantitative estimate of drug-likeness (QED) is 0.557. The Morgan fingerprint density at radius 2 is 2.05 bits per heavy atom. The Hall–Kier alpha value is -2.87. The van der Waals surface area contributed by atoms with Gasteiger partial charge in [0.2, 0.25) is 0 Å². The average Bonchev–Trinajstić information content (AvgIpc) is 2.46. The third-order valence-electron chi connectivity index (χ3n) is 2.47. The summed E-state index contributed by atoms with van der Waals surface area (Å²) in [5.74, 6) is 7.11. The van der Waals surface area contributed by atoms with Crippen LogP contribution in [0.15, 0.2) is 30.6 Å². The first-order valence-electron chi connectivity index (χ1n) is 5.65. The first-order valence-corrected chi connectivity index (χ1v) is 5.65. The molecule has 0 atom stereocenters. The highest BCUT2D eigenvalue weighted by Crippen LogP contribution is 2.08. The van der Waals surface area contributed by atoms with E-state index in [9.17, 15) is 0 Å². The van der Waals surface area contributed by atoms with Crippen molar-refractivity contribution in [3.05, 3.63) is 47.3 Å². The van der Waals surface area contributed by atoms with Crippen LogP contribution in [-0.2, 0) is 0 Å². The van der Waals surface area contributed by atoms with E-state index in [4.69, 9.17) is 11.1 Å². The molecule has 0 radical (unpaired) electrons. The van der Waals surface area contributed by atoms with Crippen molar-refractivity contribution in [2.45, 2.75) is 0 Å². The van der Waals surface area contributed by atoms with Gasteiger partial charge in [-0.2, -0.15) is 0 Å². The summed E-state index contributed by atoms with van der Waals surface area (Å²) in [6.07, 6.45) is 4.45. The molecule has 0 aliphatic heterocycles. The summed E-state index contributed by atoms with van der Waals surface area (Å²) in [6.45, 7) is 0. The van der Waals surface area contributed by atoms with Crippen LogP contribution >= 0.6 is 0 Å². The van der Waals surface area contributed by atoms with Crippen molar-refractivity contribution in [3.63, 3.8) is 0 Å². The number of anilines is 2. The smallest absolute Gasteiger partial charge is 0.132 e. The number of nitrogens with zero attached hydrogens (tertiary/aromatic N) is 2. The van der Waals surface area contributed by atoms with E-state index in [0.717, 1.165) is 16.9 Å². The van der Waals surface area contributed by atoms with Crippen LogP contribution in [0.4, 0.5) is 11.6 Å². The van der Waals surface area contributed by atoms with Gasteiger partial charge in [-0.3, -0.25) is 0 Å². The number of nitrogens with two attached hydrogens (primary N) is 1. The van der Waals surface area contributed by atoms with Crippen molar-refractivity contribution in [2.24, 2.45) is 0 Å². The van der Waals surface area contributed by atoms with Crippen molar-refractivity contribution in [2.75, 3.05) is 18.1 Å². The standard InChI is InChI=1S/C14H13N5/c1-17-13-7-10(4-5-18-13)2-3-11-6-12(8-15)14(16)19-9-11/h4-9,15H,1H3,(H2,16,19)(H,17,18). The van der Waals surface area contributed by atoms with Crippen molar-refractivity contribution >= 4 is 17.9 Å². The van der Waals surface area contributed by atoms with E-state index in [1.54, 1.807) is 25.5 Å². The van der Waals surface area contributed by atoms with E-state index in [-0.39, 0.29) is 0 Å². The molecule has 5 nitrogen and oxygen atoms in total. The van der Waals surface area contributed by atoms with Crippen LogP contribution in [0, 0.1) is 17.3 Å². The second kappa shape index (κ2) is 5.65. The summed E-state index contributed by atoms with van der Waals surface area (Å²) < 4.78 is 0. The van der Waals surface area contributed by atoms with Crippen LogP contribution < -0.4 is 11.1 Å². The molecule has 94 valence electrons. The van der Waals surface area contributed by atoms with Crippen molar-refractivity contribution < 1.29 is 0 Å². The van der Waals surface area contributed by atoms with Gasteiger partial charge in [-0.15, -0.1) is 0 Å². The Bertz CT molecular complexity index is 667. The highest BCUT2D eigenvalue weighted by Gasteiger charge is 1.98. The Morgan fingerprint density at radius 3 is 2.79 bits per heavy atom. The van der Waals surface area contributed by atoms with Crippen molar-refractivity contribution in [3.8, 4) is 11.8 Å². The monoisotopic (exact) mass is 251 g/mol. The van der Waals surface area contributed by atoms with Crippen LogP contribution in [0.2, 0.25) is 0 Å². The van der Waals surface area contributed by atoms with Gasteiger partial charge < -0.3 is 16.5 Å². The molecule has 4 N–H and O–H groups in total. The van der Waals surface area contributed by atoms with Crippen LogP contribution in [0.25, 0.3) is 0 Å². The molecular formula is C14H13N5. The predicted molar refractivity (Wildman–Crippen MR) is 76.3 cm³/mol. The third-order valence-corrected chi connectivity index (χ3v) is 2.47. The van der Waals surface area contributed by atoms with Gasteiger partial charge in [-0.05, 0) is 18.2 Å². The molecule has 0 aliphatic carbocycles. The molecule has 2 rings (SSSR count). The maximum absolute atomic E-state index is 7.22. The van der Waals surface area contributed by atoms with E-state index < -0.39 is 0 Å². The van der Waals surface area contributed by atoms with Crippen molar-refractivity contribution in [1.82, 2.24) is 9.97 Å². The Kier molecular flexibility index (Phi) is 3.74. The fourth-order valence-electron chi connectivity index (χ4n) is 1.47. The molecule has 0 aromatic carbocycles. The maximum atomic E-state index is 7.22. The van der Waals surface area contributed by atoms with Gasteiger partial charge in [0, 0.05) is 42.3 Å². The van der Waals surface area contributed by atoms with Crippen LogP contribution in [-0.4, -0.2) is 23.2 Å². The first-order chi connectivity index (χ1) is 9.22. The van der Waals surface area contributed by atoms with Crippen LogP contribution in [0.3, 0.4) is 0 Å². The number of hydrogen-bond acceptors (Lipinski definition) is 5. The summed E-state index contributed by atoms with van der Waals surface area (Å²) >= 11 is 0. The van der Waals surface area contributed by atoms with Gasteiger partial charge in [-0.1, -0.05) is 11.8 Å². The van der Waals surface area contributed by atoms with Gasteiger partial charge in [0.25, 0.3) is 0 Å². The highest BCUT2D eigenvalue weighted by molar-refractivity contribution is 5.83. The fraction of sp³-hybridized carbons (Fsp3) is 0.0714. The molecule has 2 aromatic heterocycles.